The maximum Gasteiger partial charge on any atom is 0.444 e. The number of hydrogen-bond donors (Lipinski definition) is 0. The van der Waals surface area contributed by atoms with E-state index in [1.54, 1.807) is 60.7 Å². The van der Waals surface area contributed by atoms with E-state index in [1.807, 2.05) is 6.07 Å². The lowest BCUT2D eigenvalue weighted by atomic mass is 10.1. The molecule has 0 aliphatic heterocycles. The fraction of sp³-hybridized carbons (Fsp3) is 0.0625. The summed E-state index contributed by atoms with van der Waals surface area (Å²) in [4.78, 5) is 3.53. The molecule has 0 N–H and O–H groups in total. The summed E-state index contributed by atoms with van der Waals surface area (Å²) < 4.78 is 37.7. The van der Waals surface area contributed by atoms with E-state index in [2.05, 4.69) is 4.99 Å². The van der Waals surface area contributed by atoms with Gasteiger partial charge in [-0.3, -0.25) is 0 Å². The lowest BCUT2D eigenvalue weighted by Crippen LogP contribution is -2.17. The monoisotopic (exact) mass is 309 g/mol. The van der Waals surface area contributed by atoms with Crippen molar-refractivity contribution in [2.45, 2.75) is 6.18 Å². The number of benzene rings is 2. The van der Waals surface area contributed by atoms with E-state index in [0.29, 0.717) is 5.56 Å². The maximum absolute atomic E-state index is 12.6. The van der Waals surface area contributed by atoms with Crippen LogP contribution in [0.1, 0.15) is 11.1 Å². The van der Waals surface area contributed by atoms with E-state index < -0.39 is 11.3 Å². The Kier molecular flexibility index (Phi) is 4.81. The summed E-state index contributed by atoms with van der Waals surface area (Å²) >= 11 is 5.25. The zero-order valence-corrected chi connectivity index (χ0v) is 11.6. The van der Waals surface area contributed by atoms with E-state index in [4.69, 9.17) is 11.6 Å². The molecule has 0 aliphatic carbocycles. The van der Waals surface area contributed by atoms with Crippen LogP contribution in [0.25, 0.3) is 11.8 Å². The van der Waals surface area contributed by atoms with Gasteiger partial charge in [-0.05, 0) is 11.6 Å². The Morgan fingerprint density at radius 3 is 1.95 bits per heavy atom. The van der Waals surface area contributed by atoms with Crippen molar-refractivity contribution in [3.63, 3.8) is 0 Å². The molecule has 5 heteroatoms. The first-order valence-electron chi connectivity index (χ1n) is 6.10. The van der Waals surface area contributed by atoms with Gasteiger partial charge in [-0.25, -0.2) is 4.99 Å². The van der Waals surface area contributed by atoms with Crippen molar-refractivity contribution >= 4 is 28.5 Å². The fourth-order valence-electron chi connectivity index (χ4n) is 1.67. The number of aliphatic imine (C=N–C) groups is 1. The Morgan fingerprint density at radius 1 is 0.905 bits per heavy atom. The number of hydrogen-bond acceptors (Lipinski definition) is 1. The van der Waals surface area contributed by atoms with Gasteiger partial charge in [0.1, 0.15) is 0 Å². The third-order valence-corrected chi connectivity index (χ3v) is 2.92. The van der Waals surface area contributed by atoms with E-state index in [-0.39, 0.29) is 5.70 Å². The van der Waals surface area contributed by atoms with Crippen LogP contribution in [0, 0.1) is 0 Å². The molecule has 0 spiro atoms. The minimum atomic E-state index is -4.66. The minimum Gasteiger partial charge on any atom is -0.232 e. The van der Waals surface area contributed by atoms with Gasteiger partial charge in [-0.15, -0.1) is 0 Å². The van der Waals surface area contributed by atoms with Gasteiger partial charge in [0.25, 0.3) is 0 Å². The van der Waals surface area contributed by atoms with E-state index in [1.165, 1.54) is 0 Å². The van der Waals surface area contributed by atoms with E-state index in [9.17, 15) is 13.2 Å². The molecular weight excluding hydrogens is 299 g/mol. The zero-order chi connectivity index (χ0) is 15.3. The largest absolute Gasteiger partial charge is 0.444 e. The average molecular weight is 310 g/mol. The van der Waals surface area contributed by atoms with E-state index in [0.717, 1.165) is 5.56 Å². The number of rotatable bonds is 3. The van der Waals surface area contributed by atoms with Crippen molar-refractivity contribution in [1.29, 1.82) is 0 Å². The van der Waals surface area contributed by atoms with Crippen molar-refractivity contribution < 1.29 is 13.2 Å². The standard InChI is InChI=1S/C16H11ClF3N/c17-15(16(18,19)20)21-14(13-9-5-2-6-10-13)11-12-7-3-1-4-8-12/h1-11H/b14-11-,21-15?. The average Bonchev–Trinajstić information content (AvgIpc) is 2.47. The van der Waals surface area contributed by atoms with Gasteiger partial charge in [0.15, 0.2) is 0 Å². The van der Waals surface area contributed by atoms with Crippen LogP contribution in [0.15, 0.2) is 65.7 Å². The summed E-state index contributed by atoms with van der Waals surface area (Å²) in [6, 6.07) is 17.6. The van der Waals surface area contributed by atoms with Gasteiger partial charge in [0.05, 0.1) is 5.70 Å². The Bertz CT molecular complexity index is 646. The van der Waals surface area contributed by atoms with Crippen LogP contribution in [0.2, 0.25) is 0 Å². The van der Waals surface area contributed by atoms with Crippen molar-refractivity contribution in [2.75, 3.05) is 0 Å². The highest BCUT2D eigenvalue weighted by atomic mass is 35.5. The van der Waals surface area contributed by atoms with Crippen LogP contribution >= 0.6 is 11.6 Å². The molecule has 0 saturated carbocycles. The number of halogens is 4. The summed E-state index contributed by atoms with van der Waals surface area (Å²) in [5.74, 6) is 0. The molecular formula is C16H11ClF3N. The quantitative estimate of drug-likeness (QED) is 0.533. The molecule has 2 aromatic carbocycles. The second-order valence-electron chi connectivity index (χ2n) is 4.21. The lowest BCUT2D eigenvalue weighted by Gasteiger charge is -2.07. The van der Waals surface area contributed by atoms with Gasteiger partial charge in [-0.2, -0.15) is 13.2 Å². The highest BCUT2D eigenvalue weighted by Crippen LogP contribution is 2.26. The maximum atomic E-state index is 12.6. The predicted octanol–water partition coefficient (Wildman–Crippen LogP) is 5.38. The molecule has 0 amide bonds. The molecule has 0 radical (unpaired) electrons. The lowest BCUT2D eigenvalue weighted by molar-refractivity contribution is -0.0558. The molecule has 21 heavy (non-hydrogen) atoms. The van der Waals surface area contributed by atoms with Gasteiger partial charge in [0, 0.05) is 5.56 Å². The fourth-order valence-corrected chi connectivity index (χ4v) is 1.76. The van der Waals surface area contributed by atoms with Crippen molar-refractivity contribution in [1.82, 2.24) is 0 Å². The molecule has 0 bridgehead atoms. The summed E-state index contributed by atoms with van der Waals surface area (Å²) in [7, 11) is 0. The molecule has 0 saturated heterocycles. The molecule has 0 aromatic heterocycles. The van der Waals surface area contributed by atoms with Crippen molar-refractivity contribution in [3.05, 3.63) is 71.8 Å². The minimum absolute atomic E-state index is 0.157. The molecule has 0 unspecified atom stereocenters. The normalized spacial score (nSPS) is 13.3. The van der Waals surface area contributed by atoms with Crippen LogP contribution in [0.5, 0.6) is 0 Å². The Morgan fingerprint density at radius 2 is 1.43 bits per heavy atom. The first kappa shape index (κ1) is 15.3. The molecule has 2 aromatic rings. The predicted molar refractivity (Wildman–Crippen MR) is 80.1 cm³/mol. The van der Waals surface area contributed by atoms with E-state index >= 15 is 0 Å². The molecule has 0 aliphatic rings. The summed E-state index contributed by atoms with van der Waals surface area (Å²) in [6.07, 6.45) is -3.10. The molecule has 0 heterocycles. The number of nitrogens with zero attached hydrogens (tertiary/aromatic N) is 1. The Labute approximate surface area is 125 Å². The first-order chi connectivity index (χ1) is 9.97. The highest BCUT2D eigenvalue weighted by Gasteiger charge is 2.34. The molecule has 1 nitrogen and oxygen atoms in total. The first-order valence-corrected chi connectivity index (χ1v) is 6.48. The Balaban J connectivity index is 2.49. The third-order valence-electron chi connectivity index (χ3n) is 2.63. The van der Waals surface area contributed by atoms with Crippen LogP contribution < -0.4 is 0 Å². The van der Waals surface area contributed by atoms with Crippen molar-refractivity contribution in [3.8, 4) is 0 Å². The second-order valence-corrected chi connectivity index (χ2v) is 4.56. The number of alkyl halides is 3. The van der Waals surface area contributed by atoms with Crippen LogP contribution in [0.4, 0.5) is 13.2 Å². The summed E-state index contributed by atoms with van der Waals surface area (Å²) in [6.45, 7) is 0. The topological polar surface area (TPSA) is 12.4 Å². The van der Waals surface area contributed by atoms with Gasteiger partial charge in [-0.1, -0.05) is 72.3 Å². The summed E-state index contributed by atoms with van der Waals surface area (Å²) in [5.41, 5.74) is 1.46. The Hall–Kier alpha value is -2.07. The zero-order valence-electron chi connectivity index (χ0n) is 10.8. The van der Waals surface area contributed by atoms with Gasteiger partial charge in [0.2, 0.25) is 5.17 Å². The van der Waals surface area contributed by atoms with Crippen LogP contribution in [-0.4, -0.2) is 11.3 Å². The third kappa shape index (κ3) is 4.46. The summed E-state index contributed by atoms with van der Waals surface area (Å²) in [5, 5.41) is -1.39. The second kappa shape index (κ2) is 6.59. The van der Waals surface area contributed by atoms with Gasteiger partial charge < -0.3 is 0 Å². The van der Waals surface area contributed by atoms with Gasteiger partial charge >= 0.3 is 6.18 Å². The smallest absolute Gasteiger partial charge is 0.232 e. The molecule has 0 fully saturated rings. The molecule has 108 valence electrons. The highest BCUT2D eigenvalue weighted by molar-refractivity contribution is 6.67. The molecule has 0 atom stereocenters. The molecule has 2 rings (SSSR count). The van der Waals surface area contributed by atoms with Crippen molar-refractivity contribution in [2.24, 2.45) is 4.99 Å². The van der Waals surface area contributed by atoms with Crippen LogP contribution in [-0.2, 0) is 0 Å². The SMILES string of the molecule is FC(F)(F)C(Cl)=N/C(=C\c1ccccc1)c1ccccc1. The van der Waals surface area contributed by atoms with Crippen LogP contribution in [0.3, 0.4) is 0 Å².